The Bertz CT molecular complexity index is 1280. The summed E-state index contributed by atoms with van der Waals surface area (Å²) >= 11 is 1.23. The molecule has 1 amide bonds. The second-order valence-electron chi connectivity index (χ2n) is 8.14. The second-order valence-corrected chi connectivity index (χ2v) is 9.30. The van der Waals surface area contributed by atoms with E-state index < -0.39 is 17.7 Å². The number of ether oxygens (including phenoxy) is 1. The maximum atomic E-state index is 13.2. The van der Waals surface area contributed by atoms with Crippen LogP contribution in [-0.2, 0) is 16.0 Å². The number of nitrogens with zero attached hydrogens (tertiary/aromatic N) is 3. The summed E-state index contributed by atoms with van der Waals surface area (Å²) in [6.07, 6.45) is 0.775. The summed E-state index contributed by atoms with van der Waals surface area (Å²) < 4.78 is 5.74. The highest BCUT2D eigenvalue weighted by Gasteiger charge is 2.48. The predicted octanol–water partition coefficient (Wildman–Crippen LogP) is 4.10. The molecule has 1 aromatic heterocycles. The van der Waals surface area contributed by atoms with Crippen LogP contribution in [0.2, 0.25) is 0 Å². The van der Waals surface area contributed by atoms with E-state index in [0.717, 1.165) is 23.3 Å². The van der Waals surface area contributed by atoms with Crippen molar-refractivity contribution in [2.45, 2.75) is 39.3 Å². The average Bonchev–Trinajstić information content (AvgIpc) is 3.43. The van der Waals surface area contributed by atoms with Gasteiger partial charge in [-0.05, 0) is 50.1 Å². The van der Waals surface area contributed by atoms with Gasteiger partial charge in [0, 0.05) is 12.0 Å². The first-order valence-corrected chi connectivity index (χ1v) is 11.1. The normalized spacial score (nSPS) is 21.7. The van der Waals surface area contributed by atoms with Gasteiger partial charge in [-0.15, -0.1) is 10.2 Å². The van der Waals surface area contributed by atoms with E-state index in [-0.39, 0.29) is 17.4 Å². The second kappa shape index (κ2) is 7.56. The van der Waals surface area contributed by atoms with Gasteiger partial charge in [0.05, 0.1) is 11.6 Å². The lowest BCUT2D eigenvalue weighted by atomic mass is 9.94. The Labute approximate surface area is 189 Å². The monoisotopic (exact) mass is 447 g/mol. The Kier molecular flexibility index (Phi) is 4.82. The molecule has 2 aliphatic heterocycles. The summed E-state index contributed by atoms with van der Waals surface area (Å²) in [5.41, 5.74) is 3.23. The molecule has 2 aliphatic rings. The van der Waals surface area contributed by atoms with Gasteiger partial charge in [0.1, 0.15) is 22.6 Å². The molecule has 32 heavy (non-hydrogen) atoms. The fraction of sp³-hybridized carbons (Fsp3) is 0.250. The standard InChI is InChI=1S/C24H21N3O4S/c1-12-4-6-15(7-5-12)20-19(22(29)23(30)27(20)24-26-25-14(3)32-24)21(28)16-8-9-18-17(11-16)10-13(2)31-18/h4-9,11,13,20,28H,10H2,1-3H3/t13-,20-/m1/s1. The SMILES string of the molecule is Cc1ccc([C@@H]2C(=C(O)c3ccc4c(c3)C[C@@H](C)O4)C(=O)C(=O)N2c2nnc(C)s2)cc1. The van der Waals surface area contributed by atoms with E-state index in [1.165, 1.54) is 16.2 Å². The minimum atomic E-state index is -0.800. The lowest BCUT2D eigenvalue weighted by Crippen LogP contribution is -2.29. The predicted molar refractivity (Wildman–Crippen MR) is 121 cm³/mol. The zero-order valence-electron chi connectivity index (χ0n) is 17.8. The average molecular weight is 448 g/mol. The van der Waals surface area contributed by atoms with Gasteiger partial charge in [-0.3, -0.25) is 14.5 Å². The largest absolute Gasteiger partial charge is 0.507 e. The number of aliphatic hydroxyl groups is 1. The number of aromatic nitrogens is 2. The van der Waals surface area contributed by atoms with Gasteiger partial charge in [0.15, 0.2) is 0 Å². The summed E-state index contributed by atoms with van der Waals surface area (Å²) in [5.74, 6) is -0.911. The topological polar surface area (TPSA) is 92.6 Å². The molecule has 1 fully saturated rings. The van der Waals surface area contributed by atoms with Crippen molar-refractivity contribution in [1.29, 1.82) is 0 Å². The minimum Gasteiger partial charge on any atom is -0.507 e. The highest BCUT2D eigenvalue weighted by atomic mass is 32.1. The van der Waals surface area contributed by atoms with Gasteiger partial charge in [0.25, 0.3) is 5.78 Å². The lowest BCUT2D eigenvalue weighted by Gasteiger charge is -2.22. The quantitative estimate of drug-likeness (QED) is 0.369. The van der Waals surface area contributed by atoms with Crippen LogP contribution in [-0.4, -0.2) is 33.1 Å². The van der Waals surface area contributed by atoms with Crippen LogP contribution in [0, 0.1) is 13.8 Å². The van der Waals surface area contributed by atoms with Crippen LogP contribution >= 0.6 is 11.3 Å². The molecule has 0 bridgehead atoms. The Morgan fingerprint density at radius 1 is 1.12 bits per heavy atom. The molecule has 0 radical (unpaired) electrons. The molecule has 5 rings (SSSR count). The molecule has 7 nitrogen and oxygen atoms in total. The van der Waals surface area contributed by atoms with E-state index in [0.29, 0.717) is 21.3 Å². The number of carbonyl (C=O) groups excluding carboxylic acids is 2. The number of fused-ring (bicyclic) bond motifs is 1. The van der Waals surface area contributed by atoms with Crippen molar-refractivity contribution in [3.8, 4) is 5.75 Å². The summed E-state index contributed by atoms with van der Waals surface area (Å²) in [6.45, 7) is 5.72. The van der Waals surface area contributed by atoms with Crippen LogP contribution in [0.5, 0.6) is 5.75 Å². The van der Waals surface area contributed by atoms with Gasteiger partial charge in [0.2, 0.25) is 5.13 Å². The molecule has 0 spiro atoms. The maximum Gasteiger partial charge on any atom is 0.301 e. The Morgan fingerprint density at radius 3 is 2.56 bits per heavy atom. The van der Waals surface area contributed by atoms with Crippen molar-refractivity contribution < 1.29 is 19.4 Å². The minimum absolute atomic E-state index is 0.0404. The number of ketones is 1. The first-order valence-electron chi connectivity index (χ1n) is 10.3. The molecule has 2 aromatic carbocycles. The molecule has 0 saturated carbocycles. The van der Waals surface area contributed by atoms with Crippen LogP contribution in [0.1, 0.15) is 40.2 Å². The number of rotatable bonds is 3. The number of amides is 1. The maximum absolute atomic E-state index is 13.2. The third-order valence-corrected chi connectivity index (χ3v) is 6.57. The molecule has 0 unspecified atom stereocenters. The number of carbonyl (C=O) groups is 2. The zero-order chi connectivity index (χ0) is 22.6. The van der Waals surface area contributed by atoms with Gasteiger partial charge in [-0.1, -0.05) is 41.2 Å². The third kappa shape index (κ3) is 3.27. The van der Waals surface area contributed by atoms with E-state index in [4.69, 9.17) is 4.74 Å². The van der Waals surface area contributed by atoms with Crippen LogP contribution in [0.15, 0.2) is 48.0 Å². The zero-order valence-corrected chi connectivity index (χ0v) is 18.6. The van der Waals surface area contributed by atoms with E-state index in [1.54, 1.807) is 19.1 Å². The summed E-state index contributed by atoms with van der Waals surface area (Å²) in [5, 5.41) is 20.4. The van der Waals surface area contributed by atoms with Gasteiger partial charge in [-0.2, -0.15) is 0 Å². The van der Waals surface area contributed by atoms with E-state index >= 15 is 0 Å². The summed E-state index contributed by atoms with van der Waals surface area (Å²) in [4.78, 5) is 27.6. The Morgan fingerprint density at radius 2 is 1.88 bits per heavy atom. The van der Waals surface area contributed by atoms with Crippen molar-refractivity contribution in [2.75, 3.05) is 4.90 Å². The van der Waals surface area contributed by atoms with Crippen molar-refractivity contribution in [1.82, 2.24) is 10.2 Å². The van der Waals surface area contributed by atoms with Gasteiger partial charge >= 0.3 is 5.91 Å². The number of benzene rings is 2. The molecule has 162 valence electrons. The van der Waals surface area contributed by atoms with Crippen LogP contribution in [0.4, 0.5) is 5.13 Å². The molecule has 0 aliphatic carbocycles. The molecular weight excluding hydrogens is 426 g/mol. The first kappa shape index (κ1) is 20.4. The van der Waals surface area contributed by atoms with E-state index in [1.807, 2.05) is 44.2 Å². The summed E-state index contributed by atoms with van der Waals surface area (Å²) in [7, 11) is 0. The van der Waals surface area contributed by atoms with Crippen LogP contribution < -0.4 is 9.64 Å². The number of hydrogen-bond acceptors (Lipinski definition) is 7. The highest BCUT2D eigenvalue weighted by molar-refractivity contribution is 7.15. The molecule has 3 heterocycles. The third-order valence-electron chi connectivity index (χ3n) is 5.73. The van der Waals surface area contributed by atoms with Crippen LogP contribution in [0.3, 0.4) is 0 Å². The number of aryl methyl sites for hydroxylation is 2. The number of hydrogen-bond donors (Lipinski definition) is 1. The molecular formula is C24H21N3O4S. The number of aliphatic hydroxyl groups excluding tert-OH is 1. The van der Waals surface area contributed by atoms with Gasteiger partial charge < -0.3 is 9.84 Å². The van der Waals surface area contributed by atoms with E-state index in [9.17, 15) is 14.7 Å². The van der Waals surface area contributed by atoms with Crippen molar-refractivity contribution >= 4 is 33.9 Å². The highest BCUT2D eigenvalue weighted by Crippen LogP contribution is 2.43. The van der Waals surface area contributed by atoms with Crippen molar-refractivity contribution in [3.05, 3.63) is 75.3 Å². The Hall–Kier alpha value is -3.52. The first-order chi connectivity index (χ1) is 15.3. The van der Waals surface area contributed by atoms with Gasteiger partial charge in [-0.25, -0.2) is 0 Å². The number of anilines is 1. The molecule has 1 saturated heterocycles. The van der Waals surface area contributed by atoms with Crippen LogP contribution in [0.25, 0.3) is 5.76 Å². The molecule has 1 N–H and O–H groups in total. The smallest absolute Gasteiger partial charge is 0.301 e. The fourth-order valence-electron chi connectivity index (χ4n) is 4.20. The van der Waals surface area contributed by atoms with Crippen molar-refractivity contribution in [2.24, 2.45) is 0 Å². The fourth-order valence-corrected chi connectivity index (χ4v) is 4.92. The molecule has 2 atom stereocenters. The molecule has 3 aromatic rings. The molecule has 8 heteroatoms. The lowest BCUT2D eigenvalue weighted by molar-refractivity contribution is -0.132. The van der Waals surface area contributed by atoms with Crippen molar-refractivity contribution in [3.63, 3.8) is 0 Å². The Balaban J connectivity index is 1.68. The summed E-state index contributed by atoms with van der Waals surface area (Å²) in [6, 6.07) is 12.1. The number of Topliss-reactive ketones (excluding diaryl/α,β-unsaturated/α-hetero) is 1. The van der Waals surface area contributed by atoms with E-state index in [2.05, 4.69) is 10.2 Å².